The Morgan fingerprint density at radius 3 is 2.72 bits per heavy atom. The molecule has 0 radical (unpaired) electrons. The summed E-state index contributed by atoms with van der Waals surface area (Å²) in [4.78, 5) is 12.0. The van der Waals surface area contributed by atoms with Crippen LogP contribution in [0.4, 0.5) is 5.69 Å². The maximum Gasteiger partial charge on any atom is 0.250 e. The number of nitrogens with one attached hydrogen (secondary N) is 2. The molecule has 0 atom stereocenters. The lowest BCUT2D eigenvalue weighted by atomic mass is 10.2. The molecule has 1 aromatic heterocycles. The molecular weight excluding hydrogens is 364 g/mol. The molecule has 1 aliphatic heterocycles. The van der Waals surface area contributed by atoms with Gasteiger partial charge in [0.25, 0.3) is 0 Å². The third-order valence-electron chi connectivity index (χ3n) is 3.44. The highest BCUT2D eigenvalue weighted by Crippen LogP contribution is 2.32. The molecule has 1 amide bonds. The SMILES string of the molecule is O=C(CCNS(=O)(=O)c1cccs1)Nc1ccc2c(c1)OCCCO2. The lowest BCUT2D eigenvalue weighted by Gasteiger charge is -2.10. The standard InChI is InChI=1S/C16H18N2O5S2/c19-15(6-7-17-25(20,21)16-3-1-10-24-16)18-12-4-5-13-14(11-12)23-9-2-8-22-13/h1,3-5,10-11,17H,2,6-9H2,(H,18,19). The second-order valence-corrected chi connectivity index (χ2v) is 8.28. The van der Waals surface area contributed by atoms with Gasteiger partial charge in [0.15, 0.2) is 11.5 Å². The number of fused-ring (bicyclic) bond motifs is 1. The normalized spacial score (nSPS) is 13.9. The van der Waals surface area contributed by atoms with Crippen molar-refractivity contribution in [1.29, 1.82) is 0 Å². The zero-order valence-corrected chi connectivity index (χ0v) is 15.0. The summed E-state index contributed by atoms with van der Waals surface area (Å²) in [6, 6.07) is 8.35. The summed E-state index contributed by atoms with van der Waals surface area (Å²) in [5.41, 5.74) is 0.579. The van der Waals surface area contributed by atoms with Crippen molar-refractivity contribution in [2.24, 2.45) is 0 Å². The molecule has 0 unspecified atom stereocenters. The minimum atomic E-state index is -3.55. The summed E-state index contributed by atoms with van der Waals surface area (Å²) >= 11 is 1.13. The summed E-state index contributed by atoms with van der Waals surface area (Å²) in [5, 5.41) is 4.41. The summed E-state index contributed by atoms with van der Waals surface area (Å²) in [7, 11) is -3.55. The van der Waals surface area contributed by atoms with E-state index in [1.807, 2.05) is 0 Å². The fourth-order valence-electron chi connectivity index (χ4n) is 2.25. The Morgan fingerprint density at radius 1 is 1.16 bits per heavy atom. The van der Waals surface area contributed by atoms with Gasteiger partial charge in [-0.3, -0.25) is 4.79 Å². The van der Waals surface area contributed by atoms with Crippen molar-refractivity contribution in [3.8, 4) is 11.5 Å². The number of hydrogen-bond donors (Lipinski definition) is 2. The number of sulfonamides is 1. The van der Waals surface area contributed by atoms with E-state index in [0.717, 1.165) is 17.8 Å². The first-order valence-electron chi connectivity index (χ1n) is 7.77. The zero-order valence-electron chi connectivity index (χ0n) is 13.4. The van der Waals surface area contributed by atoms with Crippen LogP contribution in [0.25, 0.3) is 0 Å². The quantitative estimate of drug-likeness (QED) is 0.799. The molecule has 25 heavy (non-hydrogen) atoms. The molecule has 7 nitrogen and oxygen atoms in total. The number of rotatable bonds is 6. The molecule has 9 heteroatoms. The van der Waals surface area contributed by atoms with E-state index in [-0.39, 0.29) is 23.1 Å². The Hall–Kier alpha value is -2.10. The molecule has 134 valence electrons. The van der Waals surface area contributed by atoms with Crippen LogP contribution in [0.15, 0.2) is 39.9 Å². The Bertz CT molecular complexity index is 834. The van der Waals surface area contributed by atoms with Gasteiger partial charge < -0.3 is 14.8 Å². The van der Waals surface area contributed by atoms with E-state index in [4.69, 9.17) is 9.47 Å². The van der Waals surface area contributed by atoms with Crippen molar-refractivity contribution < 1.29 is 22.7 Å². The third-order valence-corrected chi connectivity index (χ3v) is 6.29. The predicted molar refractivity (Wildman–Crippen MR) is 94.8 cm³/mol. The Morgan fingerprint density at radius 2 is 1.96 bits per heavy atom. The van der Waals surface area contributed by atoms with Gasteiger partial charge in [-0.25, -0.2) is 13.1 Å². The molecular formula is C16H18N2O5S2. The molecule has 3 rings (SSSR count). The van der Waals surface area contributed by atoms with E-state index in [9.17, 15) is 13.2 Å². The molecule has 2 N–H and O–H groups in total. The number of carbonyl (C=O) groups excluding carboxylic acids is 1. The Labute approximate surface area is 150 Å². The first-order chi connectivity index (χ1) is 12.0. The monoisotopic (exact) mass is 382 g/mol. The van der Waals surface area contributed by atoms with Crippen molar-refractivity contribution in [2.45, 2.75) is 17.1 Å². The molecule has 0 saturated carbocycles. The van der Waals surface area contributed by atoms with Crippen LogP contribution in [-0.4, -0.2) is 34.1 Å². The zero-order chi connectivity index (χ0) is 17.7. The van der Waals surface area contributed by atoms with Crippen LogP contribution < -0.4 is 19.5 Å². The second kappa shape index (κ2) is 7.85. The molecule has 0 fully saturated rings. The number of ether oxygens (including phenoxy) is 2. The number of benzene rings is 1. The number of thiophene rings is 1. The molecule has 2 heterocycles. The summed E-state index contributed by atoms with van der Waals surface area (Å²) in [6.45, 7) is 1.19. The van der Waals surface area contributed by atoms with Gasteiger partial charge >= 0.3 is 0 Å². The molecule has 1 aliphatic rings. The van der Waals surface area contributed by atoms with Crippen molar-refractivity contribution in [3.05, 3.63) is 35.7 Å². The average Bonchev–Trinajstić information content (AvgIpc) is 3.02. The Kier molecular flexibility index (Phi) is 5.57. The minimum Gasteiger partial charge on any atom is -0.490 e. The van der Waals surface area contributed by atoms with Gasteiger partial charge in [-0.15, -0.1) is 11.3 Å². The van der Waals surface area contributed by atoms with Crippen LogP contribution >= 0.6 is 11.3 Å². The van der Waals surface area contributed by atoms with Crippen molar-refractivity contribution in [3.63, 3.8) is 0 Å². The fraction of sp³-hybridized carbons (Fsp3) is 0.312. The predicted octanol–water partition coefficient (Wildman–Crippen LogP) is 2.22. The maximum absolute atomic E-state index is 12.0. The average molecular weight is 382 g/mol. The summed E-state index contributed by atoms with van der Waals surface area (Å²) < 4.78 is 37.7. The molecule has 2 aromatic rings. The van der Waals surface area contributed by atoms with E-state index in [0.29, 0.717) is 30.4 Å². The van der Waals surface area contributed by atoms with Gasteiger partial charge in [0.2, 0.25) is 15.9 Å². The molecule has 0 aliphatic carbocycles. The van der Waals surface area contributed by atoms with Crippen LogP contribution in [0, 0.1) is 0 Å². The molecule has 0 bridgehead atoms. The van der Waals surface area contributed by atoms with Gasteiger partial charge in [0, 0.05) is 31.1 Å². The highest BCUT2D eigenvalue weighted by atomic mass is 32.2. The van der Waals surface area contributed by atoms with E-state index >= 15 is 0 Å². The maximum atomic E-state index is 12.0. The molecule has 1 aromatic carbocycles. The Balaban J connectivity index is 1.52. The van der Waals surface area contributed by atoms with E-state index in [1.54, 1.807) is 29.6 Å². The number of amides is 1. The van der Waals surface area contributed by atoms with Crippen LogP contribution in [0.1, 0.15) is 12.8 Å². The van der Waals surface area contributed by atoms with Crippen LogP contribution in [0.2, 0.25) is 0 Å². The summed E-state index contributed by atoms with van der Waals surface area (Å²) in [6.07, 6.45) is 0.833. The van der Waals surface area contributed by atoms with Crippen molar-refractivity contribution in [1.82, 2.24) is 4.72 Å². The van der Waals surface area contributed by atoms with Gasteiger partial charge in [-0.2, -0.15) is 0 Å². The lowest BCUT2D eigenvalue weighted by Crippen LogP contribution is -2.27. The first-order valence-corrected chi connectivity index (χ1v) is 10.1. The van der Waals surface area contributed by atoms with E-state index < -0.39 is 10.0 Å². The van der Waals surface area contributed by atoms with Gasteiger partial charge in [0.05, 0.1) is 13.2 Å². The number of hydrogen-bond acceptors (Lipinski definition) is 6. The van der Waals surface area contributed by atoms with Gasteiger partial charge in [0.1, 0.15) is 4.21 Å². The highest BCUT2D eigenvalue weighted by molar-refractivity contribution is 7.91. The lowest BCUT2D eigenvalue weighted by molar-refractivity contribution is -0.116. The van der Waals surface area contributed by atoms with Crippen molar-refractivity contribution >= 4 is 33.0 Å². The van der Waals surface area contributed by atoms with E-state index in [2.05, 4.69) is 10.0 Å². The van der Waals surface area contributed by atoms with Crippen LogP contribution in [-0.2, 0) is 14.8 Å². The van der Waals surface area contributed by atoms with E-state index in [1.165, 1.54) is 6.07 Å². The van der Waals surface area contributed by atoms with Crippen LogP contribution in [0.5, 0.6) is 11.5 Å². The largest absolute Gasteiger partial charge is 0.490 e. The van der Waals surface area contributed by atoms with Crippen molar-refractivity contribution in [2.75, 3.05) is 25.1 Å². The highest BCUT2D eigenvalue weighted by Gasteiger charge is 2.15. The van der Waals surface area contributed by atoms with Gasteiger partial charge in [-0.1, -0.05) is 6.07 Å². The molecule has 0 spiro atoms. The first kappa shape index (κ1) is 17.7. The fourth-order valence-corrected chi connectivity index (χ4v) is 4.32. The van der Waals surface area contributed by atoms with Crippen LogP contribution in [0.3, 0.4) is 0 Å². The topological polar surface area (TPSA) is 93.7 Å². The molecule has 0 saturated heterocycles. The third kappa shape index (κ3) is 4.71. The minimum absolute atomic E-state index is 0.0244. The van der Waals surface area contributed by atoms with Gasteiger partial charge in [-0.05, 0) is 23.6 Å². The summed E-state index contributed by atoms with van der Waals surface area (Å²) in [5.74, 6) is 0.955. The second-order valence-electron chi connectivity index (χ2n) is 5.34. The number of anilines is 1. The number of carbonyl (C=O) groups is 1. The smallest absolute Gasteiger partial charge is 0.250 e.